The Balaban J connectivity index is 1.42. The predicted octanol–water partition coefficient (Wildman–Crippen LogP) is 4.10. The Kier molecular flexibility index (Phi) is 9.04. The molecule has 0 radical (unpaired) electrons. The minimum atomic E-state index is -0.777. The Morgan fingerprint density at radius 1 is 1.03 bits per heavy atom. The van der Waals surface area contributed by atoms with E-state index in [0.717, 1.165) is 18.1 Å². The first-order chi connectivity index (χ1) is 18.3. The molecule has 2 unspecified atom stereocenters. The van der Waals surface area contributed by atoms with Crippen LogP contribution in [0.2, 0.25) is 0 Å². The van der Waals surface area contributed by atoms with Gasteiger partial charge in [0.05, 0.1) is 11.9 Å². The van der Waals surface area contributed by atoms with Crippen molar-refractivity contribution in [3.63, 3.8) is 0 Å². The lowest BCUT2D eigenvalue weighted by Crippen LogP contribution is -2.46. The summed E-state index contributed by atoms with van der Waals surface area (Å²) in [7, 11) is 0. The van der Waals surface area contributed by atoms with E-state index in [1.807, 2.05) is 12.1 Å². The molecule has 0 spiro atoms. The topological polar surface area (TPSA) is 99.5 Å². The summed E-state index contributed by atoms with van der Waals surface area (Å²) in [5.41, 5.74) is 10.0. The zero-order valence-corrected chi connectivity index (χ0v) is 21.2. The summed E-state index contributed by atoms with van der Waals surface area (Å²) in [6.45, 7) is 2.91. The van der Waals surface area contributed by atoms with Crippen LogP contribution in [0.4, 0.5) is 8.78 Å². The number of nitrogens with two attached hydrogens (primary N) is 1. The van der Waals surface area contributed by atoms with E-state index in [9.17, 15) is 18.4 Å². The SMILES string of the molecule is CCc1cccc(CNCC(OC(=O)CCn2c(=O)oc3ccccc32)C(N)Cc2cc(F)cc(F)c2)c1. The Morgan fingerprint density at radius 2 is 1.76 bits per heavy atom. The number of nitrogens with zero attached hydrogens (tertiary/aromatic N) is 1. The van der Waals surface area contributed by atoms with Gasteiger partial charge in [0.2, 0.25) is 0 Å². The minimum Gasteiger partial charge on any atom is -0.459 e. The molecule has 1 heterocycles. The van der Waals surface area contributed by atoms with Crippen LogP contribution >= 0.6 is 0 Å². The smallest absolute Gasteiger partial charge is 0.419 e. The van der Waals surface area contributed by atoms with Gasteiger partial charge in [-0.3, -0.25) is 9.36 Å². The summed E-state index contributed by atoms with van der Waals surface area (Å²) in [5, 5.41) is 3.28. The number of aromatic nitrogens is 1. The van der Waals surface area contributed by atoms with E-state index in [1.165, 1.54) is 22.3 Å². The Hall–Kier alpha value is -3.82. The van der Waals surface area contributed by atoms with Crippen molar-refractivity contribution >= 4 is 17.1 Å². The summed E-state index contributed by atoms with van der Waals surface area (Å²) in [6.07, 6.45) is 0.157. The first-order valence-electron chi connectivity index (χ1n) is 12.6. The molecule has 0 aliphatic carbocycles. The van der Waals surface area contributed by atoms with Crippen molar-refractivity contribution in [2.45, 2.75) is 51.4 Å². The molecule has 0 amide bonds. The van der Waals surface area contributed by atoms with Gasteiger partial charge in [-0.2, -0.15) is 0 Å². The number of ether oxygens (including phenoxy) is 1. The maximum atomic E-state index is 13.7. The van der Waals surface area contributed by atoms with Crippen molar-refractivity contribution < 1.29 is 22.7 Å². The van der Waals surface area contributed by atoms with Crippen LogP contribution in [0.3, 0.4) is 0 Å². The van der Waals surface area contributed by atoms with Gasteiger partial charge in [-0.25, -0.2) is 13.6 Å². The number of nitrogens with one attached hydrogen (secondary N) is 1. The fourth-order valence-corrected chi connectivity index (χ4v) is 4.39. The van der Waals surface area contributed by atoms with Crippen molar-refractivity contribution in [3.8, 4) is 0 Å². The molecule has 3 N–H and O–H groups in total. The molecular weight excluding hydrogens is 492 g/mol. The van der Waals surface area contributed by atoms with Crippen LogP contribution in [0.5, 0.6) is 0 Å². The van der Waals surface area contributed by atoms with Gasteiger partial charge >= 0.3 is 11.7 Å². The molecule has 0 saturated carbocycles. The molecule has 38 heavy (non-hydrogen) atoms. The minimum absolute atomic E-state index is 0.0724. The molecule has 0 aliphatic heterocycles. The summed E-state index contributed by atoms with van der Waals surface area (Å²) in [5.74, 6) is -2.51. The van der Waals surface area contributed by atoms with Gasteiger partial charge in [0.25, 0.3) is 0 Å². The number of benzene rings is 3. The molecule has 0 fully saturated rings. The molecule has 7 nitrogen and oxygen atoms in total. The van der Waals surface area contributed by atoms with Crippen LogP contribution in [-0.4, -0.2) is 29.2 Å². The number of hydrogen-bond donors (Lipinski definition) is 2. The summed E-state index contributed by atoms with van der Waals surface area (Å²) < 4.78 is 39.7. The maximum absolute atomic E-state index is 13.7. The molecular formula is C29H31F2N3O4. The molecule has 3 aromatic carbocycles. The van der Waals surface area contributed by atoms with Crippen LogP contribution in [0.15, 0.2) is 75.9 Å². The number of rotatable bonds is 12. The summed E-state index contributed by atoms with van der Waals surface area (Å²) in [4.78, 5) is 25.0. The quantitative estimate of drug-likeness (QED) is 0.271. The number of esters is 1. The van der Waals surface area contributed by atoms with E-state index in [2.05, 4.69) is 24.4 Å². The van der Waals surface area contributed by atoms with E-state index < -0.39 is 35.5 Å². The van der Waals surface area contributed by atoms with Gasteiger partial charge in [0.15, 0.2) is 5.58 Å². The zero-order chi connectivity index (χ0) is 27.1. The molecule has 9 heteroatoms. The van der Waals surface area contributed by atoms with Crippen molar-refractivity contribution in [2.24, 2.45) is 5.73 Å². The number of fused-ring (bicyclic) bond motifs is 1. The van der Waals surface area contributed by atoms with Gasteiger partial charge < -0.3 is 20.2 Å². The van der Waals surface area contributed by atoms with Crippen molar-refractivity contribution in [3.05, 3.63) is 106 Å². The van der Waals surface area contributed by atoms with Gasteiger partial charge in [-0.05, 0) is 53.8 Å². The van der Waals surface area contributed by atoms with Gasteiger partial charge in [-0.1, -0.05) is 43.3 Å². The fourth-order valence-electron chi connectivity index (χ4n) is 4.39. The standard InChI is InChI=1S/C29H31F2N3O4/c1-2-19-6-5-7-20(12-19)17-33-18-27(24(32)15-21-13-22(30)16-23(31)14-21)37-28(35)10-11-34-25-8-3-4-9-26(25)38-29(34)36/h3-9,12-14,16,24,27,33H,2,10-11,15,17-18,32H2,1H3. The highest BCUT2D eigenvalue weighted by Gasteiger charge is 2.23. The van der Waals surface area contributed by atoms with Gasteiger partial charge in [0.1, 0.15) is 17.7 Å². The Labute approximate surface area is 219 Å². The van der Waals surface area contributed by atoms with Crippen molar-refractivity contribution in [2.75, 3.05) is 6.54 Å². The lowest BCUT2D eigenvalue weighted by atomic mass is 10.0. The lowest BCUT2D eigenvalue weighted by Gasteiger charge is -2.25. The third-order valence-corrected chi connectivity index (χ3v) is 6.34. The monoisotopic (exact) mass is 523 g/mol. The van der Waals surface area contributed by atoms with Gasteiger partial charge in [0, 0.05) is 31.7 Å². The number of para-hydroxylation sites is 2. The molecule has 4 aromatic rings. The number of aryl methyl sites for hydroxylation is 2. The summed E-state index contributed by atoms with van der Waals surface area (Å²) >= 11 is 0. The lowest BCUT2D eigenvalue weighted by molar-refractivity contribution is -0.150. The number of carbonyl (C=O) groups is 1. The summed E-state index contributed by atoms with van der Waals surface area (Å²) in [6, 6.07) is 17.6. The van der Waals surface area contributed by atoms with E-state index in [0.29, 0.717) is 23.2 Å². The van der Waals surface area contributed by atoms with Crippen LogP contribution in [-0.2, 0) is 35.5 Å². The van der Waals surface area contributed by atoms with Crippen LogP contribution in [0.1, 0.15) is 30.0 Å². The second-order valence-corrected chi connectivity index (χ2v) is 9.22. The molecule has 0 aliphatic rings. The number of oxazole rings is 1. The first kappa shape index (κ1) is 27.2. The molecule has 4 rings (SSSR count). The van der Waals surface area contributed by atoms with Crippen LogP contribution < -0.4 is 16.8 Å². The zero-order valence-electron chi connectivity index (χ0n) is 21.2. The van der Waals surface area contributed by atoms with Crippen molar-refractivity contribution in [1.29, 1.82) is 0 Å². The first-order valence-corrected chi connectivity index (χ1v) is 12.6. The Bertz CT molecular complexity index is 1430. The number of hydrogen-bond acceptors (Lipinski definition) is 6. The maximum Gasteiger partial charge on any atom is 0.419 e. The van der Waals surface area contributed by atoms with E-state index >= 15 is 0 Å². The third-order valence-electron chi connectivity index (χ3n) is 6.34. The number of halogens is 2. The third kappa shape index (κ3) is 7.14. The molecule has 200 valence electrons. The second-order valence-electron chi connectivity index (χ2n) is 9.22. The highest BCUT2D eigenvalue weighted by atomic mass is 19.1. The second kappa shape index (κ2) is 12.6. The molecule has 2 atom stereocenters. The molecule has 0 saturated heterocycles. The van der Waals surface area contributed by atoms with Gasteiger partial charge in [-0.15, -0.1) is 0 Å². The Morgan fingerprint density at radius 3 is 2.53 bits per heavy atom. The average molecular weight is 524 g/mol. The molecule has 0 bridgehead atoms. The van der Waals surface area contributed by atoms with E-state index in [4.69, 9.17) is 14.9 Å². The van der Waals surface area contributed by atoms with E-state index in [1.54, 1.807) is 24.3 Å². The molecule has 1 aromatic heterocycles. The number of carbonyl (C=O) groups excluding carboxylic acids is 1. The highest BCUT2D eigenvalue weighted by molar-refractivity contribution is 5.73. The van der Waals surface area contributed by atoms with Crippen LogP contribution in [0, 0.1) is 11.6 Å². The normalized spacial score (nSPS) is 12.9. The predicted molar refractivity (Wildman–Crippen MR) is 141 cm³/mol. The highest BCUT2D eigenvalue weighted by Crippen LogP contribution is 2.15. The van der Waals surface area contributed by atoms with Crippen LogP contribution in [0.25, 0.3) is 11.1 Å². The fraction of sp³-hybridized carbons (Fsp3) is 0.310. The van der Waals surface area contributed by atoms with E-state index in [-0.39, 0.29) is 25.9 Å². The largest absolute Gasteiger partial charge is 0.459 e. The van der Waals surface area contributed by atoms with Crippen molar-refractivity contribution in [1.82, 2.24) is 9.88 Å². The average Bonchev–Trinajstić information content (AvgIpc) is 3.21.